The zero-order chi connectivity index (χ0) is 17.3. The van der Waals surface area contributed by atoms with Crippen LogP contribution >= 0.6 is 0 Å². The van der Waals surface area contributed by atoms with Crippen LogP contribution in [-0.4, -0.2) is 44.2 Å². The van der Waals surface area contributed by atoms with Crippen LogP contribution in [-0.2, 0) is 14.8 Å². The Kier molecular flexibility index (Phi) is 4.62. The summed E-state index contributed by atoms with van der Waals surface area (Å²) in [5, 5.41) is 3.03. The van der Waals surface area contributed by atoms with Gasteiger partial charge in [0.1, 0.15) is 4.90 Å². The Morgan fingerprint density at radius 2 is 2.00 bits per heavy atom. The van der Waals surface area contributed by atoms with E-state index in [4.69, 9.17) is 0 Å². The normalized spacial score (nSPS) is 21.1. The predicted octanol–water partition coefficient (Wildman–Crippen LogP) is 1.76. The smallest absolute Gasteiger partial charge is 0.285 e. The van der Waals surface area contributed by atoms with E-state index >= 15 is 0 Å². The Hall–Kier alpha value is -1.89. The maximum atomic E-state index is 12.2. The Bertz CT molecular complexity index is 765. The van der Waals surface area contributed by atoms with Crippen molar-refractivity contribution in [2.45, 2.75) is 44.0 Å². The van der Waals surface area contributed by atoms with Crippen molar-refractivity contribution in [2.75, 3.05) is 13.1 Å². The Morgan fingerprint density at radius 3 is 2.67 bits per heavy atom. The van der Waals surface area contributed by atoms with Crippen LogP contribution in [0.2, 0.25) is 0 Å². The Labute approximate surface area is 143 Å². The first-order valence-corrected chi connectivity index (χ1v) is 9.86. The maximum absolute atomic E-state index is 12.2. The summed E-state index contributed by atoms with van der Waals surface area (Å²) in [7, 11) is -3.59. The SMILES string of the molecule is CC[C@@H](C)NC(=O)C1CCN(C2=NS(=O)(=O)c3ccccc32)CC1. The molecule has 7 heteroatoms. The second-order valence-electron chi connectivity index (χ2n) is 6.47. The number of piperidine rings is 1. The third-order valence-corrected chi connectivity index (χ3v) is 6.10. The average molecular weight is 349 g/mol. The van der Waals surface area contributed by atoms with Crippen LogP contribution in [0.1, 0.15) is 38.7 Å². The number of sulfonamides is 1. The van der Waals surface area contributed by atoms with Crippen LogP contribution in [0.4, 0.5) is 0 Å². The van der Waals surface area contributed by atoms with Crippen LogP contribution in [0.15, 0.2) is 33.6 Å². The number of hydrogen-bond acceptors (Lipinski definition) is 4. The summed E-state index contributed by atoms with van der Waals surface area (Å²) in [6, 6.07) is 7.10. The molecule has 0 spiro atoms. The molecule has 0 aliphatic carbocycles. The molecule has 2 aliphatic rings. The molecule has 1 aromatic carbocycles. The number of amides is 1. The molecule has 0 unspecified atom stereocenters. The van der Waals surface area contributed by atoms with E-state index in [1.165, 1.54) is 0 Å². The highest BCUT2D eigenvalue weighted by Crippen LogP contribution is 2.29. The van der Waals surface area contributed by atoms with Gasteiger partial charge in [0.2, 0.25) is 5.91 Å². The summed E-state index contributed by atoms with van der Waals surface area (Å²) in [5.41, 5.74) is 0.667. The lowest BCUT2D eigenvalue weighted by Crippen LogP contribution is -2.44. The standard InChI is InChI=1S/C17H23N3O3S/c1-3-12(2)18-17(21)13-8-10-20(11-9-13)16-14-6-4-5-7-15(14)24(22,23)19-16/h4-7,12-13H,3,8-11H2,1-2H3,(H,18,21)/t12-/m1/s1. The van der Waals surface area contributed by atoms with E-state index in [1.807, 2.05) is 24.8 Å². The highest BCUT2D eigenvalue weighted by Gasteiger charge is 2.34. The molecule has 1 aromatic rings. The minimum Gasteiger partial charge on any atom is -0.355 e. The summed E-state index contributed by atoms with van der Waals surface area (Å²) >= 11 is 0. The number of nitrogens with zero attached hydrogens (tertiary/aromatic N) is 2. The molecular weight excluding hydrogens is 326 g/mol. The van der Waals surface area contributed by atoms with Gasteiger partial charge >= 0.3 is 0 Å². The highest BCUT2D eigenvalue weighted by molar-refractivity contribution is 7.90. The number of hydrogen-bond donors (Lipinski definition) is 1. The van der Waals surface area contributed by atoms with Crippen molar-refractivity contribution in [1.29, 1.82) is 0 Å². The molecular formula is C17H23N3O3S. The van der Waals surface area contributed by atoms with Gasteiger partial charge in [-0.2, -0.15) is 8.42 Å². The molecule has 1 saturated heterocycles. The largest absolute Gasteiger partial charge is 0.355 e. The van der Waals surface area contributed by atoms with Crippen LogP contribution < -0.4 is 5.32 Å². The molecule has 6 nitrogen and oxygen atoms in total. The van der Waals surface area contributed by atoms with Gasteiger partial charge in [-0.1, -0.05) is 19.1 Å². The maximum Gasteiger partial charge on any atom is 0.285 e. The lowest BCUT2D eigenvalue weighted by molar-refractivity contribution is -0.126. The number of carbonyl (C=O) groups excluding carboxylic acids is 1. The molecule has 1 amide bonds. The molecule has 0 saturated carbocycles. The van der Waals surface area contributed by atoms with Gasteiger partial charge in [-0.3, -0.25) is 4.79 Å². The molecule has 1 fully saturated rings. The number of amidine groups is 1. The molecule has 0 radical (unpaired) electrons. The Morgan fingerprint density at radius 1 is 1.33 bits per heavy atom. The summed E-state index contributed by atoms with van der Waals surface area (Å²) < 4.78 is 28.3. The van der Waals surface area contributed by atoms with Crippen LogP contribution in [0.3, 0.4) is 0 Å². The molecule has 24 heavy (non-hydrogen) atoms. The van der Waals surface area contributed by atoms with Gasteiger partial charge in [0.15, 0.2) is 5.84 Å². The van der Waals surface area contributed by atoms with Gasteiger partial charge in [-0.25, -0.2) is 0 Å². The fourth-order valence-electron chi connectivity index (χ4n) is 3.13. The molecule has 1 N–H and O–H groups in total. The highest BCUT2D eigenvalue weighted by atomic mass is 32.2. The van der Waals surface area contributed by atoms with E-state index in [-0.39, 0.29) is 22.8 Å². The van der Waals surface area contributed by atoms with Gasteiger partial charge in [0.05, 0.1) is 0 Å². The van der Waals surface area contributed by atoms with Crippen molar-refractivity contribution in [2.24, 2.45) is 10.3 Å². The molecule has 3 rings (SSSR count). The second kappa shape index (κ2) is 6.55. The lowest BCUT2D eigenvalue weighted by atomic mass is 9.95. The first-order chi connectivity index (χ1) is 11.4. The second-order valence-corrected chi connectivity index (χ2v) is 8.04. The van der Waals surface area contributed by atoms with Crippen molar-refractivity contribution >= 4 is 21.8 Å². The van der Waals surface area contributed by atoms with Crippen molar-refractivity contribution in [3.63, 3.8) is 0 Å². The monoisotopic (exact) mass is 349 g/mol. The molecule has 2 aliphatic heterocycles. The van der Waals surface area contributed by atoms with E-state index in [2.05, 4.69) is 9.71 Å². The topological polar surface area (TPSA) is 78.8 Å². The summed E-state index contributed by atoms with van der Waals surface area (Å²) in [6.45, 7) is 5.33. The third kappa shape index (κ3) is 3.17. The minimum absolute atomic E-state index is 0.0101. The number of carbonyl (C=O) groups is 1. The van der Waals surface area contributed by atoms with Gasteiger partial charge in [-0.15, -0.1) is 4.40 Å². The third-order valence-electron chi connectivity index (χ3n) is 4.78. The van der Waals surface area contributed by atoms with Crippen molar-refractivity contribution in [3.05, 3.63) is 29.8 Å². The summed E-state index contributed by atoms with van der Waals surface area (Å²) in [4.78, 5) is 14.5. The summed E-state index contributed by atoms with van der Waals surface area (Å²) in [6.07, 6.45) is 2.34. The molecule has 0 aromatic heterocycles. The van der Waals surface area contributed by atoms with Crippen LogP contribution in [0.25, 0.3) is 0 Å². The number of rotatable bonds is 3. The average Bonchev–Trinajstić information content (AvgIpc) is 2.87. The number of nitrogens with one attached hydrogen (secondary N) is 1. The number of benzene rings is 1. The molecule has 0 bridgehead atoms. The quantitative estimate of drug-likeness (QED) is 0.902. The van der Waals surface area contributed by atoms with E-state index < -0.39 is 10.0 Å². The molecule has 2 heterocycles. The summed E-state index contributed by atoms with van der Waals surface area (Å²) in [5.74, 6) is 0.612. The van der Waals surface area contributed by atoms with E-state index in [9.17, 15) is 13.2 Å². The fourth-order valence-corrected chi connectivity index (χ4v) is 4.36. The Balaban J connectivity index is 1.69. The van der Waals surface area contributed by atoms with Gasteiger partial charge in [0, 0.05) is 30.6 Å². The number of likely N-dealkylation sites (tertiary alicyclic amines) is 1. The first kappa shape index (κ1) is 17.0. The van der Waals surface area contributed by atoms with Crippen LogP contribution in [0.5, 0.6) is 0 Å². The fraction of sp³-hybridized carbons (Fsp3) is 0.529. The predicted molar refractivity (Wildman–Crippen MR) is 92.4 cm³/mol. The van der Waals surface area contributed by atoms with Crippen molar-refractivity contribution in [3.8, 4) is 0 Å². The number of fused-ring (bicyclic) bond motifs is 1. The van der Waals surface area contributed by atoms with Crippen molar-refractivity contribution < 1.29 is 13.2 Å². The van der Waals surface area contributed by atoms with E-state index in [0.717, 1.165) is 6.42 Å². The van der Waals surface area contributed by atoms with Crippen molar-refractivity contribution in [1.82, 2.24) is 10.2 Å². The van der Waals surface area contributed by atoms with E-state index in [1.54, 1.807) is 18.2 Å². The lowest BCUT2D eigenvalue weighted by Gasteiger charge is -2.33. The van der Waals surface area contributed by atoms with Gasteiger partial charge in [-0.05, 0) is 38.3 Å². The zero-order valence-electron chi connectivity index (χ0n) is 14.0. The molecule has 130 valence electrons. The van der Waals surface area contributed by atoms with Gasteiger partial charge in [0.25, 0.3) is 10.0 Å². The van der Waals surface area contributed by atoms with Gasteiger partial charge < -0.3 is 10.2 Å². The first-order valence-electron chi connectivity index (χ1n) is 8.42. The minimum atomic E-state index is -3.59. The van der Waals surface area contributed by atoms with E-state index in [0.29, 0.717) is 37.3 Å². The zero-order valence-corrected chi connectivity index (χ0v) is 14.8. The van der Waals surface area contributed by atoms with Crippen LogP contribution in [0, 0.1) is 5.92 Å². The molecule has 1 atom stereocenters.